The molecule has 25 heavy (non-hydrogen) atoms. The predicted octanol–water partition coefficient (Wildman–Crippen LogP) is 4.61. The van der Waals surface area contributed by atoms with Crippen molar-refractivity contribution < 1.29 is 4.79 Å². The van der Waals surface area contributed by atoms with E-state index in [1.165, 1.54) is 24.8 Å². The Morgan fingerprint density at radius 3 is 2.28 bits per heavy atom. The number of carbonyl (C=O) groups excluding carboxylic acids is 1. The second-order valence-electron chi connectivity index (χ2n) is 6.94. The smallest absolute Gasteiger partial charge is 0.156 e. The SMILES string of the molecule is O=C(C=Cc1ccccc1)CCN1CCC(Cc2ccccc2)CC1. The van der Waals surface area contributed by atoms with Crippen molar-refractivity contribution in [1.29, 1.82) is 0 Å². The zero-order valence-corrected chi connectivity index (χ0v) is 14.8. The lowest BCUT2D eigenvalue weighted by atomic mass is 9.90. The van der Waals surface area contributed by atoms with Crippen LogP contribution in [0.2, 0.25) is 0 Å². The Morgan fingerprint density at radius 1 is 0.960 bits per heavy atom. The lowest BCUT2D eigenvalue weighted by Crippen LogP contribution is -2.35. The van der Waals surface area contributed by atoms with Gasteiger partial charge in [0.2, 0.25) is 0 Å². The van der Waals surface area contributed by atoms with Crippen molar-refractivity contribution in [3.8, 4) is 0 Å². The Hall–Kier alpha value is -2.19. The summed E-state index contributed by atoms with van der Waals surface area (Å²) in [4.78, 5) is 14.5. The number of likely N-dealkylation sites (tertiary alicyclic amines) is 1. The van der Waals surface area contributed by atoms with Gasteiger partial charge in [-0.25, -0.2) is 0 Å². The first-order valence-corrected chi connectivity index (χ1v) is 9.32. The van der Waals surface area contributed by atoms with Crippen molar-refractivity contribution in [2.24, 2.45) is 5.92 Å². The fourth-order valence-electron chi connectivity index (χ4n) is 3.47. The summed E-state index contributed by atoms with van der Waals surface area (Å²) in [6, 6.07) is 20.8. The lowest BCUT2D eigenvalue weighted by molar-refractivity contribution is -0.114. The standard InChI is InChI=1S/C23H27NO/c25-23(12-11-20-7-3-1-4-8-20)15-18-24-16-13-22(14-17-24)19-21-9-5-2-6-10-21/h1-12,22H,13-19H2. The molecule has 0 amide bonds. The first-order valence-electron chi connectivity index (χ1n) is 9.32. The van der Waals surface area contributed by atoms with E-state index >= 15 is 0 Å². The molecule has 2 heteroatoms. The van der Waals surface area contributed by atoms with Crippen LogP contribution in [-0.4, -0.2) is 30.3 Å². The molecule has 1 aliphatic rings. The second kappa shape index (κ2) is 9.33. The molecule has 2 aromatic rings. The van der Waals surface area contributed by atoms with E-state index in [1.807, 2.05) is 36.4 Å². The van der Waals surface area contributed by atoms with Crippen LogP contribution in [0, 0.1) is 5.92 Å². The number of hydrogen-bond donors (Lipinski definition) is 0. The minimum Gasteiger partial charge on any atom is -0.303 e. The molecule has 2 aromatic carbocycles. The molecule has 0 aliphatic carbocycles. The summed E-state index contributed by atoms with van der Waals surface area (Å²) in [5.74, 6) is 1.00. The lowest BCUT2D eigenvalue weighted by Gasteiger charge is -2.31. The second-order valence-corrected chi connectivity index (χ2v) is 6.94. The first kappa shape index (κ1) is 17.6. The van der Waals surface area contributed by atoms with Crippen LogP contribution in [-0.2, 0) is 11.2 Å². The monoisotopic (exact) mass is 333 g/mol. The third kappa shape index (κ3) is 5.99. The van der Waals surface area contributed by atoms with Crippen molar-refractivity contribution in [2.75, 3.05) is 19.6 Å². The Balaban J connectivity index is 1.36. The van der Waals surface area contributed by atoms with Crippen LogP contribution in [0.1, 0.15) is 30.4 Å². The Labute approximate surface area is 151 Å². The van der Waals surface area contributed by atoms with Crippen molar-refractivity contribution >= 4 is 11.9 Å². The van der Waals surface area contributed by atoms with Gasteiger partial charge in [-0.1, -0.05) is 66.7 Å². The Kier molecular flexibility index (Phi) is 6.58. The Morgan fingerprint density at radius 2 is 1.60 bits per heavy atom. The van der Waals surface area contributed by atoms with Crippen molar-refractivity contribution in [1.82, 2.24) is 4.90 Å². The number of rotatable bonds is 7. The molecule has 130 valence electrons. The van der Waals surface area contributed by atoms with Gasteiger partial charge in [-0.2, -0.15) is 0 Å². The van der Waals surface area contributed by atoms with E-state index in [9.17, 15) is 4.79 Å². The molecular weight excluding hydrogens is 306 g/mol. The van der Waals surface area contributed by atoms with E-state index in [0.29, 0.717) is 6.42 Å². The van der Waals surface area contributed by atoms with Gasteiger partial charge in [0.25, 0.3) is 0 Å². The summed E-state index contributed by atoms with van der Waals surface area (Å²) in [5.41, 5.74) is 2.53. The average Bonchev–Trinajstić information content (AvgIpc) is 2.67. The van der Waals surface area contributed by atoms with E-state index in [2.05, 4.69) is 35.2 Å². The largest absolute Gasteiger partial charge is 0.303 e. The van der Waals surface area contributed by atoms with Gasteiger partial charge in [-0.05, 0) is 55.5 Å². The highest BCUT2D eigenvalue weighted by Crippen LogP contribution is 2.21. The van der Waals surface area contributed by atoms with E-state index in [1.54, 1.807) is 6.08 Å². The van der Waals surface area contributed by atoms with E-state index in [4.69, 9.17) is 0 Å². The number of carbonyl (C=O) groups is 1. The first-order chi connectivity index (χ1) is 12.3. The van der Waals surface area contributed by atoms with Crippen LogP contribution < -0.4 is 0 Å². The average molecular weight is 333 g/mol. The number of ketones is 1. The Bertz CT molecular complexity index is 670. The number of nitrogens with zero attached hydrogens (tertiary/aromatic N) is 1. The van der Waals surface area contributed by atoms with Crippen LogP contribution in [0.4, 0.5) is 0 Å². The van der Waals surface area contributed by atoms with E-state index in [0.717, 1.165) is 31.1 Å². The van der Waals surface area contributed by atoms with Crippen molar-refractivity contribution in [3.05, 3.63) is 77.9 Å². The van der Waals surface area contributed by atoms with Gasteiger partial charge in [0, 0.05) is 13.0 Å². The molecule has 0 atom stereocenters. The summed E-state index contributed by atoms with van der Waals surface area (Å²) >= 11 is 0. The summed E-state index contributed by atoms with van der Waals surface area (Å²) in [7, 11) is 0. The summed E-state index contributed by atoms with van der Waals surface area (Å²) < 4.78 is 0. The van der Waals surface area contributed by atoms with Gasteiger partial charge in [0.05, 0.1) is 0 Å². The number of allylic oxidation sites excluding steroid dienone is 1. The fraction of sp³-hybridized carbons (Fsp3) is 0.348. The molecule has 0 radical (unpaired) electrons. The molecule has 0 N–H and O–H groups in total. The summed E-state index contributed by atoms with van der Waals surface area (Å²) in [6.45, 7) is 3.12. The molecule has 0 saturated carbocycles. The molecule has 0 bridgehead atoms. The highest BCUT2D eigenvalue weighted by molar-refractivity contribution is 5.93. The zero-order chi connectivity index (χ0) is 17.3. The van der Waals surface area contributed by atoms with E-state index < -0.39 is 0 Å². The maximum Gasteiger partial charge on any atom is 0.156 e. The minimum absolute atomic E-state index is 0.218. The van der Waals surface area contributed by atoms with Crippen LogP contribution >= 0.6 is 0 Å². The quantitative estimate of drug-likeness (QED) is 0.690. The molecule has 2 nitrogen and oxygen atoms in total. The zero-order valence-electron chi connectivity index (χ0n) is 14.8. The molecule has 1 saturated heterocycles. The van der Waals surface area contributed by atoms with Crippen LogP contribution in [0.3, 0.4) is 0 Å². The molecule has 0 spiro atoms. The van der Waals surface area contributed by atoms with Crippen LogP contribution in [0.5, 0.6) is 0 Å². The molecule has 1 aliphatic heterocycles. The highest BCUT2D eigenvalue weighted by Gasteiger charge is 2.19. The molecule has 0 aromatic heterocycles. The highest BCUT2D eigenvalue weighted by atomic mass is 16.1. The maximum absolute atomic E-state index is 12.1. The topological polar surface area (TPSA) is 20.3 Å². The van der Waals surface area contributed by atoms with Gasteiger partial charge >= 0.3 is 0 Å². The predicted molar refractivity (Wildman–Crippen MR) is 104 cm³/mol. The maximum atomic E-state index is 12.1. The van der Waals surface area contributed by atoms with Crippen LogP contribution in [0.25, 0.3) is 6.08 Å². The van der Waals surface area contributed by atoms with Gasteiger partial charge in [-0.15, -0.1) is 0 Å². The number of hydrogen-bond acceptors (Lipinski definition) is 2. The van der Waals surface area contributed by atoms with Crippen LogP contribution in [0.15, 0.2) is 66.7 Å². The van der Waals surface area contributed by atoms with Gasteiger partial charge in [-0.3, -0.25) is 4.79 Å². The van der Waals surface area contributed by atoms with Crippen molar-refractivity contribution in [3.63, 3.8) is 0 Å². The molecule has 1 heterocycles. The van der Waals surface area contributed by atoms with Gasteiger partial charge in [0.1, 0.15) is 0 Å². The fourth-order valence-corrected chi connectivity index (χ4v) is 3.47. The number of benzene rings is 2. The minimum atomic E-state index is 0.218. The molecule has 3 rings (SSSR count). The van der Waals surface area contributed by atoms with E-state index in [-0.39, 0.29) is 5.78 Å². The molecule has 0 unspecified atom stereocenters. The van der Waals surface area contributed by atoms with Gasteiger partial charge in [0.15, 0.2) is 5.78 Å². The third-order valence-electron chi connectivity index (χ3n) is 5.01. The molecule has 1 fully saturated rings. The third-order valence-corrected chi connectivity index (χ3v) is 5.01. The van der Waals surface area contributed by atoms with Crippen molar-refractivity contribution in [2.45, 2.75) is 25.7 Å². The number of piperidine rings is 1. The summed E-state index contributed by atoms with van der Waals surface area (Å²) in [5, 5.41) is 0. The summed E-state index contributed by atoms with van der Waals surface area (Å²) in [6.07, 6.45) is 7.91. The normalized spacial score (nSPS) is 16.3. The molecular formula is C23H27NO. The van der Waals surface area contributed by atoms with Gasteiger partial charge < -0.3 is 4.90 Å².